The first kappa shape index (κ1) is 8.49. The summed E-state index contributed by atoms with van der Waals surface area (Å²) in [5, 5.41) is 0.701. The van der Waals surface area contributed by atoms with Crippen LogP contribution in [0.2, 0.25) is 5.02 Å². The molecule has 0 spiro atoms. The van der Waals surface area contributed by atoms with E-state index >= 15 is 0 Å². The molecule has 2 rings (SSSR count). The van der Waals surface area contributed by atoms with Gasteiger partial charge < -0.3 is 0 Å². The Morgan fingerprint density at radius 2 is 2.23 bits per heavy atom. The minimum Gasteiger partial charge on any atom is -0.211 e. The van der Waals surface area contributed by atoms with Gasteiger partial charge in [-0.3, -0.25) is 0 Å². The third-order valence-electron chi connectivity index (χ3n) is 2.17. The van der Waals surface area contributed by atoms with Crippen molar-refractivity contribution < 1.29 is 4.79 Å². The molecule has 3 heteroatoms. The molecule has 0 saturated heterocycles. The molecule has 1 aliphatic rings. The molecule has 0 amide bonds. The van der Waals surface area contributed by atoms with Gasteiger partial charge in [-0.25, -0.2) is 4.79 Å². The number of halogens is 1. The molecule has 1 aliphatic carbocycles. The van der Waals surface area contributed by atoms with E-state index in [1.807, 2.05) is 6.07 Å². The maximum absolute atomic E-state index is 10.1. The Morgan fingerprint density at radius 3 is 2.85 bits per heavy atom. The average molecular weight is 194 g/mol. The van der Waals surface area contributed by atoms with Crippen molar-refractivity contribution in [3.8, 4) is 0 Å². The average Bonchev–Trinajstić information content (AvgIpc) is 2.91. The molecule has 0 aliphatic heterocycles. The summed E-state index contributed by atoms with van der Waals surface area (Å²) >= 11 is 5.85. The highest BCUT2D eigenvalue weighted by Gasteiger charge is 2.26. The van der Waals surface area contributed by atoms with Gasteiger partial charge in [-0.2, -0.15) is 4.99 Å². The largest absolute Gasteiger partial charge is 0.240 e. The summed E-state index contributed by atoms with van der Waals surface area (Å²) in [4.78, 5) is 13.8. The standard InChI is InChI=1S/C10H8ClNO/c11-8-3-4-10(12-6-13)9(5-8)7-1-2-7/h3-5,7H,1-2H2. The van der Waals surface area contributed by atoms with Crippen molar-refractivity contribution in [1.82, 2.24) is 0 Å². The van der Waals surface area contributed by atoms with Crippen LogP contribution >= 0.6 is 11.6 Å². The summed E-state index contributed by atoms with van der Waals surface area (Å²) in [6, 6.07) is 5.39. The lowest BCUT2D eigenvalue weighted by Gasteiger charge is -2.01. The first-order valence-corrected chi connectivity index (χ1v) is 4.56. The van der Waals surface area contributed by atoms with Crippen LogP contribution in [0.5, 0.6) is 0 Å². The van der Waals surface area contributed by atoms with E-state index in [1.165, 1.54) is 12.8 Å². The summed E-state index contributed by atoms with van der Waals surface area (Å²) < 4.78 is 0. The zero-order valence-corrected chi connectivity index (χ0v) is 7.71. The molecule has 13 heavy (non-hydrogen) atoms. The second kappa shape index (κ2) is 3.33. The van der Waals surface area contributed by atoms with Gasteiger partial charge in [0.15, 0.2) is 0 Å². The van der Waals surface area contributed by atoms with E-state index in [1.54, 1.807) is 18.2 Å². The SMILES string of the molecule is O=C=Nc1ccc(Cl)cc1C1CC1. The number of benzene rings is 1. The van der Waals surface area contributed by atoms with Gasteiger partial charge in [0, 0.05) is 5.02 Å². The second-order valence-corrected chi connectivity index (χ2v) is 3.62. The van der Waals surface area contributed by atoms with Crippen molar-refractivity contribution in [3.05, 3.63) is 28.8 Å². The number of hydrogen-bond acceptors (Lipinski definition) is 2. The molecule has 1 fully saturated rings. The Balaban J connectivity index is 2.47. The summed E-state index contributed by atoms with van der Waals surface area (Å²) in [7, 11) is 0. The van der Waals surface area contributed by atoms with Gasteiger partial charge in [-0.05, 0) is 42.5 Å². The number of nitrogens with zero attached hydrogens (tertiary/aromatic N) is 1. The molecular weight excluding hydrogens is 186 g/mol. The summed E-state index contributed by atoms with van der Waals surface area (Å²) in [6.07, 6.45) is 3.90. The van der Waals surface area contributed by atoms with E-state index in [2.05, 4.69) is 4.99 Å². The van der Waals surface area contributed by atoms with E-state index in [9.17, 15) is 4.79 Å². The lowest BCUT2D eigenvalue weighted by atomic mass is 10.1. The molecule has 0 unspecified atom stereocenters. The van der Waals surface area contributed by atoms with E-state index in [0.29, 0.717) is 16.6 Å². The molecule has 0 bridgehead atoms. The fourth-order valence-electron chi connectivity index (χ4n) is 1.40. The molecular formula is C10H8ClNO. The van der Waals surface area contributed by atoms with Crippen molar-refractivity contribution in [2.45, 2.75) is 18.8 Å². The monoisotopic (exact) mass is 193 g/mol. The molecule has 1 saturated carbocycles. The molecule has 66 valence electrons. The van der Waals surface area contributed by atoms with Crippen LogP contribution in [-0.4, -0.2) is 6.08 Å². The molecule has 0 N–H and O–H groups in total. The van der Waals surface area contributed by atoms with Crippen LogP contribution in [0.1, 0.15) is 24.3 Å². The number of rotatable bonds is 2. The molecule has 1 aromatic rings. The molecule has 0 atom stereocenters. The van der Waals surface area contributed by atoms with Crippen LogP contribution in [0, 0.1) is 0 Å². The van der Waals surface area contributed by atoms with Gasteiger partial charge in [-0.1, -0.05) is 11.6 Å². The predicted molar refractivity (Wildman–Crippen MR) is 51.2 cm³/mol. The fraction of sp³-hybridized carbons (Fsp3) is 0.300. The van der Waals surface area contributed by atoms with E-state index in [0.717, 1.165) is 5.56 Å². The zero-order chi connectivity index (χ0) is 9.26. The second-order valence-electron chi connectivity index (χ2n) is 3.18. The van der Waals surface area contributed by atoms with Gasteiger partial charge in [-0.15, -0.1) is 0 Å². The van der Waals surface area contributed by atoms with E-state index in [-0.39, 0.29) is 0 Å². The summed E-state index contributed by atoms with van der Waals surface area (Å²) in [5.41, 5.74) is 1.79. The van der Waals surface area contributed by atoms with Crippen LogP contribution in [0.4, 0.5) is 5.69 Å². The van der Waals surface area contributed by atoms with Gasteiger partial charge in [0.1, 0.15) is 0 Å². The van der Waals surface area contributed by atoms with Crippen LogP contribution in [-0.2, 0) is 4.79 Å². The van der Waals surface area contributed by atoms with Crippen molar-refractivity contribution in [3.63, 3.8) is 0 Å². The first-order valence-electron chi connectivity index (χ1n) is 4.18. The summed E-state index contributed by atoms with van der Waals surface area (Å²) in [5.74, 6) is 0.547. The number of isocyanates is 1. The van der Waals surface area contributed by atoms with Crippen molar-refractivity contribution in [2.24, 2.45) is 4.99 Å². The predicted octanol–water partition coefficient (Wildman–Crippen LogP) is 3.18. The van der Waals surface area contributed by atoms with Crippen molar-refractivity contribution in [1.29, 1.82) is 0 Å². The molecule has 1 aromatic carbocycles. The minimum atomic E-state index is 0.547. The normalized spacial score (nSPS) is 15.2. The smallest absolute Gasteiger partial charge is 0.211 e. The van der Waals surface area contributed by atoms with Crippen molar-refractivity contribution in [2.75, 3.05) is 0 Å². The van der Waals surface area contributed by atoms with E-state index < -0.39 is 0 Å². The first-order chi connectivity index (χ1) is 6.31. The van der Waals surface area contributed by atoms with Gasteiger partial charge in [0.2, 0.25) is 6.08 Å². The number of hydrogen-bond donors (Lipinski definition) is 0. The topological polar surface area (TPSA) is 29.4 Å². The highest BCUT2D eigenvalue weighted by Crippen LogP contribution is 2.44. The van der Waals surface area contributed by atoms with Crippen LogP contribution in [0.25, 0.3) is 0 Å². The summed E-state index contributed by atoms with van der Waals surface area (Å²) in [6.45, 7) is 0. The van der Waals surface area contributed by atoms with Gasteiger partial charge in [0.25, 0.3) is 0 Å². The van der Waals surface area contributed by atoms with Crippen LogP contribution < -0.4 is 0 Å². The minimum absolute atomic E-state index is 0.547. The lowest BCUT2D eigenvalue weighted by molar-refractivity contribution is 0.565. The Bertz CT molecular complexity index is 379. The maximum atomic E-state index is 10.1. The number of carbonyl (C=O) groups excluding carboxylic acids is 1. The molecule has 0 radical (unpaired) electrons. The Kier molecular flexibility index (Phi) is 2.17. The zero-order valence-electron chi connectivity index (χ0n) is 6.96. The van der Waals surface area contributed by atoms with E-state index in [4.69, 9.17) is 11.6 Å². The lowest BCUT2D eigenvalue weighted by Crippen LogP contribution is -1.80. The van der Waals surface area contributed by atoms with Gasteiger partial charge >= 0.3 is 0 Å². The molecule has 0 heterocycles. The van der Waals surface area contributed by atoms with Crippen molar-refractivity contribution >= 4 is 23.4 Å². The Labute approximate surface area is 81.2 Å². The molecule has 2 nitrogen and oxygen atoms in total. The molecule has 0 aromatic heterocycles. The fourth-order valence-corrected chi connectivity index (χ4v) is 1.58. The van der Waals surface area contributed by atoms with Crippen LogP contribution in [0.15, 0.2) is 23.2 Å². The highest BCUT2D eigenvalue weighted by atomic mass is 35.5. The van der Waals surface area contributed by atoms with Gasteiger partial charge in [0.05, 0.1) is 5.69 Å². The number of aliphatic imine (C=N–C) groups is 1. The van der Waals surface area contributed by atoms with Crippen LogP contribution in [0.3, 0.4) is 0 Å². The third kappa shape index (κ3) is 1.80. The quantitative estimate of drug-likeness (QED) is 0.524. The highest BCUT2D eigenvalue weighted by molar-refractivity contribution is 6.30. The third-order valence-corrected chi connectivity index (χ3v) is 2.41. The Morgan fingerprint density at radius 1 is 1.46 bits per heavy atom. The Hall–Kier alpha value is -1.11. The maximum Gasteiger partial charge on any atom is 0.240 e.